The van der Waals surface area contributed by atoms with Crippen molar-refractivity contribution in [3.63, 3.8) is 0 Å². The van der Waals surface area contributed by atoms with Crippen LogP contribution in [0.1, 0.15) is 43.0 Å². The molecule has 3 heterocycles. The number of imidazole rings is 1. The maximum atomic E-state index is 13.7. The van der Waals surface area contributed by atoms with Crippen LogP contribution in [0, 0.1) is 0 Å². The standard InChI is InChI=1S/C25H31F3N4O4/c1-2-11-35-21(33)14-24(36-12-8-20-16-31-10-5-9-29-23(31)30-20)13-18-6-3-4-7-19(18)15-32(22(24)34)17-25(26,27)28/h3-4,6-7,16H,2,5,8-15,17H2,1H3,(H,29,30)/t24-/m0/s1. The van der Waals surface area contributed by atoms with Gasteiger partial charge in [0, 0.05) is 38.7 Å². The fourth-order valence-corrected chi connectivity index (χ4v) is 4.68. The lowest BCUT2D eigenvalue weighted by Crippen LogP contribution is -2.54. The smallest absolute Gasteiger partial charge is 0.406 e. The SMILES string of the molecule is CCCOC(=O)C[C@@]1(OCCc2cn3c(n2)NCCC3)Cc2ccccc2CN(CC(F)(F)F)C1=O. The van der Waals surface area contributed by atoms with Crippen molar-refractivity contribution >= 4 is 17.8 Å². The summed E-state index contributed by atoms with van der Waals surface area (Å²) in [6.45, 7) is 2.00. The van der Waals surface area contributed by atoms with Gasteiger partial charge in [-0.25, -0.2) is 4.98 Å². The first-order valence-electron chi connectivity index (χ1n) is 12.2. The molecular formula is C25H31F3N4O4. The number of esters is 1. The highest BCUT2D eigenvalue weighted by Crippen LogP contribution is 2.33. The van der Waals surface area contributed by atoms with Gasteiger partial charge in [-0.2, -0.15) is 13.2 Å². The molecule has 2 aromatic rings. The van der Waals surface area contributed by atoms with Gasteiger partial charge in [0.15, 0.2) is 5.60 Å². The normalized spacial score (nSPS) is 19.8. The van der Waals surface area contributed by atoms with E-state index in [4.69, 9.17) is 9.47 Å². The van der Waals surface area contributed by atoms with Gasteiger partial charge in [-0.1, -0.05) is 31.2 Å². The van der Waals surface area contributed by atoms with E-state index in [1.54, 1.807) is 24.3 Å². The fraction of sp³-hybridized carbons (Fsp3) is 0.560. The summed E-state index contributed by atoms with van der Waals surface area (Å²) in [4.78, 5) is 31.6. The van der Waals surface area contributed by atoms with Gasteiger partial charge in [-0.3, -0.25) is 9.59 Å². The third-order valence-electron chi connectivity index (χ3n) is 6.32. The Morgan fingerprint density at radius 1 is 1.22 bits per heavy atom. The Morgan fingerprint density at radius 2 is 2.00 bits per heavy atom. The maximum Gasteiger partial charge on any atom is 0.406 e. The topological polar surface area (TPSA) is 85.7 Å². The number of anilines is 1. The van der Waals surface area contributed by atoms with E-state index in [2.05, 4.69) is 10.3 Å². The number of carbonyl (C=O) groups excluding carboxylic acids is 2. The summed E-state index contributed by atoms with van der Waals surface area (Å²) in [5.74, 6) is -0.793. The third kappa shape index (κ3) is 6.18. The van der Waals surface area contributed by atoms with Crippen molar-refractivity contribution in [3.05, 3.63) is 47.3 Å². The van der Waals surface area contributed by atoms with Crippen LogP contribution in [0.4, 0.5) is 19.1 Å². The van der Waals surface area contributed by atoms with Crippen LogP contribution in [0.25, 0.3) is 0 Å². The number of fused-ring (bicyclic) bond motifs is 2. The number of ether oxygens (including phenoxy) is 2. The highest BCUT2D eigenvalue weighted by molar-refractivity contribution is 5.91. The van der Waals surface area contributed by atoms with E-state index in [9.17, 15) is 22.8 Å². The van der Waals surface area contributed by atoms with Gasteiger partial charge in [0.1, 0.15) is 6.54 Å². The summed E-state index contributed by atoms with van der Waals surface area (Å²) in [5.41, 5.74) is 0.174. The molecule has 0 unspecified atom stereocenters. The zero-order chi connectivity index (χ0) is 25.8. The van der Waals surface area contributed by atoms with Gasteiger partial charge < -0.3 is 24.3 Å². The van der Waals surface area contributed by atoms with Crippen molar-refractivity contribution < 1.29 is 32.2 Å². The van der Waals surface area contributed by atoms with Crippen molar-refractivity contribution in [1.82, 2.24) is 14.5 Å². The molecule has 0 radical (unpaired) electrons. The highest BCUT2D eigenvalue weighted by Gasteiger charge is 2.49. The number of benzene rings is 1. The molecule has 1 amide bonds. The molecule has 36 heavy (non-hydrogen) atoms. The number of hydrogen-bond donors (Lipinski definition) is 1. The van der Waals surface area contributed by atoms with Crippen molar-refractivity contribution in [2.75, 3.05) is 31.6 Å². The molecule has 196 valence electrons. The maximum absolute atomic E-state index is 13.7. The van der Waals surface area contributed by atoms with E-state index >= 15 is 0 Å². The van der Waals surface area contributed by atoms with E-state index in [0.29, 0.717) is 24.0 Å². The minimum atomic E-state index is -4.61. The molecule has 1 N–H and O–H groups in total. The van der Waals surface area contributed by atoms with Crippen LogP contribution < -0.4 is 5.32 Å². The number of hydrogen-bond acceptors (Lipinski definition) is 6. The number of amides is 1. The summed E-state index contributed by atoms with van der Waals surface area (Å²) in [6.07, 6.45) is -1.32. The van der Waals surface area contributed by atoms with Crippen LogP contribution in [0.3, 0.4) is 0 Å². The van der Waals surface area contributed by atoms with Gasteiger partial charge in [-0.15, -0.1) is 0 Å². The van der Waals surface area contributed by atoms with Gasteiger partial charge in [0.05, 0.1) is 25.3 Å². The molecule has 8 nitrogen and oxygen atoms in total. The van der Waals surface area contributed by atoms with E-state index in [1.165, 1.54) is 0 Å². The monoisotopic (exact) mass is 508 g/mol. The number of aryl methyl sites for hydroxylation is 1. The number of rotatable bonds is 9. The number of halogens is 3. The molecule has 0 aliphatic carbocycles. The first-order valence-corrected chi connectivity index (χ1v) is 12.2. The zero-order valence-corrected chi connectivity index (χ0v) is 20.3. The summed E-state index contributed by atoms with van der Waals surface area (Å²) < 4.78 is 53.7. The molecule has 1 aromatic carbocycles. The van der Waals surface area contributed by atoms with E-state index < -0.39 is 36.6 Å². The Kier molecular flexibility index (Phi) is 7.87. The molecule has 0 saturated carbocycles. The molecule has 2 aliphatic rings. The summed E-state index contributed by atoms with van der Waals surface area (Å²) in [7, 11) is 0. The lowest BCUT2D eigenvalue weighted by molar-refractivity contribution is -0.182. The Bertz CT molecular complexity index is 1060. The van der Waals surface area contributed by atoms with Crippen LogP contribution in [0.5, 0.6) is 0 Å². The lowest BCUT2D eigenvalue weighted by Gasteiger charge is -2.34. The Hall–Kier alpha value is -3.08. The van der Waals surface area contributed by atoms with Gasteiger partial charge in [0.2, 0.25) is 5.95 Å². The quantitative estimate of drug-likeness (QED) is 0.522. The largest absolute Gasteiger partial charge is 0.466 e. The van der Waals surface area contributed by atoms with Crippen LogP contribution >= 0.6 is 0 Å². The van der Waals surface area contributed by atoms with Crippen LogP contribution in [-0.2, 0) is 45.0 Å². The number of aromatic nitrogens is 2. The molecule has 1 aromatic heterocycles. The molecule has 0 spiro atoms. The minimum Gasteiger partial charge on any atom is -0.466 e. The summed E-state index contributed by atoms with van der Waals surface area (Å²) in [5, 5.41) is 3.21. The zero-order valence-electron chi connectivity index (χ0n) is 20.3. The Balaban J connectivity index is 1.62. The molecule has 0 bridgehead atoms. The average Bonchev–Trinajstić information content (AvgIpc) is 3.20. The number of nitrogens with one attached hydrogen (secondary N) is 1. The molecular weight excluding hydrogens is 477 g/mol. The van der Waals surface area contributed by atoms with Crippen molar-refractivity contribution in [2.24, 2.45) is 0 Å². The van der Waals surface area contributed by atoms with E-state index in [0.717, 1.165) is 36.1 Å². The van der Waals surface area contributed by atoms with Crippen molar-refractivity contribution in [1.29, 1.82) is 0 Å². The Labute approximate surface area is 207 Å². The summed E-state index contributed by atoms with van der Waals surface area (Å²) in [6, 6.07) is 6.92. The van der Waals surface area contributed by atoms with Crippen LogP contribution in [0.15, 0.2) is 30.5 Å². The van der Waals surface area contributed by atoms with Gasteiger partial charge in [-0.05, 0) is 24.0 Å². The highest BCUT2D eigenvalue weighted by atomic mass is 19.4. The molecule has 4 rings (SSSR count). The first-order chi connectivity index (χ1) is 17.2. The molecule has 0 fully saturated rings. The predicted molar refractivity (Wildman–Crippen MR) is 125 cm³/mol. The summed E-state index contributed by atoms with van der Waals surface area (Å²) >= 11 is 0. The number of carbonyl (C=O) groups is 2. The number of alkyl halides is 3. The van der Waals surface area contributed by atoms with Crippen molar-refractivity contribution in [3.8, 4) is 0 Å². The number of nitrogens with zero attached hydrogens (tertiary/aromatic N) is 3. The van der Waals surface area contributed by atoms with E-state index in [1.807, 2.05) is 17.7 Å². The fourth-order valence-electron chi connectivity index (χ4n) is 4.68. The van der Waals surface area contributed by atoms with Gasteiger partial charge >= 0.3 is 12.1 Å². The van der Waals surface area contributed by atoms with Gasteiger partial charge in [0.25, 0.3) is 5.91 Å². The molecule has 11 heteroatoms. The van der Waals surface area contributed by atoms with Crippen LogP contribution in [0.2, 0.25) is 0 Å². The van der Waals surface area contributed by atoms with Crippen LogP contribution in [-0.4, -0.2) is 64.4 Å². The minimum absolute atomic E-state index is 0.00523. The lowest BCUT2D eigenvalue weighted by atomic mass is 9.89. The predicted octanol–water partition coefficient (Wildman–Crippen LogP) is 3.49. The average molecular weight is 509 g/mol. The first kappa shape index (κ1) is 26.0. The molecule has 0 saturated heterocycles. The second-order valence-corrected chi connectivity index (χ2v) is 9.24. The van der Waals surface area contributed by atoms with Crippen molar-refractivity contribution in [2.45, 2.75) is 63.9 Å². The second-order valence-electron chi connectivity index (χ2n) is 9.24. The van der Waals surface area contributed by atoms with E-state index in [-0.39, 0.29) is 26.2 Å². The molecule has 2 aliphatic heterocycles. The Morgan fingerprint density at radius 3 is 2.72 bits per heavy atom. The third-order valence-corrected chi connectivity index (χ3v) is 6.32. The second kappa shape index (κ2) is 10.9. The molecule has 1 atom stereocenters.